The van der Waals surface area contributed by atoms with E-state index in [4.69, 9.17) is 9.47 Å². The minimum atomic E-state index is -0.401. The predicted molar refractivity (Wildman–Crippen MR) is 63.5 cm³/mol. The topological polar surface area (TPSA) is 50.7 Å². The van der Waals surface area contributed by atoms with E-state index >= 15 is 0 Å². The first-order valence-electron chi connectivity index (χ1n) is 6.25. The zero-order valence-corrected chi connectivity index (χ0v) is 10.4. The van der Waals surface area contributed by atoms with Gasteiger partial charge < -0.3 is 19.9 Å². The standard InChI is InChI=1S/C12H25NO3/c1-10(2)8-16-9-12(14)7-13-11-3-5-15-6-4-11/h10-14H,3-9H2,1-2H3. The molecule has 1 rings (SSSR count). The van der Waals surface area contributed by atoms with Gasteiger partial charge in [-0.3, -0.25) is 0 Å². The number of nitrogens with one attached hydrogen (secondary N) is 1. The van der Waals surface area contributed by atoms with Crippen molar-refractivity contribution in [1.82, 2.24) is 5.32 Å². The zero-order valence-electron chi connectivity index (χ0n) is 10.4. The van der Waals surface area contributed by atoms with Crippen molar-refractivity contribution < 1.29 is 14.6 Å². The second-order valence-electron chi connectivity index (χ2n) is 4.88. The molecule has 2 N–H and O–H groups in total. The van der Waals surface area contributed by atoms with Crippen LogP contribution in [0.15, 0.2) is 0 Å². The quantitative estimate of drug-likeness (QED) is 0.680. The lowest BCUT2D eigenvalue weighted by Crippen LogP contribution is -2.40. The average molecular weight is 231 g/mol. The molecule has 4 heteroatoms. The summed E-state index contributed by atoms with van der Waals surface area (Å²) < 4.78 is 10.7. The van der Waals surface area contributed by atoms with Crippen molar-refractivity contribution in [3.63, 3.8) is 0 Å². The summed E-state index contributed by atoms with van der Waals surface area (Å²) in [5, 5.41) is 13.0. The normalized spacial score (nSPS) is 20.2. The van der Waals surface area contributed by atoms with Gasteiger partial charge in [-0.15, -0.1) is 0 Å². The molecule has 1 atom stereocenters. The van der Waals surface area contributed by atoms with E-state index in [0.717, 1.165) is 26.1 Å². The number of hydrogen-bond acceptors (Lipinski definition) is 4. The highest BCUT2D eigenvalue weighted by Crippen LogP contribution is 2.05. The van der Waals surface area contributed by atoms with Crippen LogP contribution in [-0.2, 0) is 9.47 Å². The number of hydrogen-bond donors (Lipinski definition) is 2. The lowest BCUT2D eigenvalue weighted by Gasteiger charge is -2.24. The highest BCUT2D eigenvalue weighted by Gasteiger charge is 2.14. The molecule has 1 heterocycles. The molecule has 0 amide bonds. The van der Waals surface area contributed by atoms with Crippen LogP contribution in [0.4, 0.5) is 0 Å². The Morgan fingerprint density at radius 1 is 1.31 bits per heavy atom. The average Bonchev–Trinajstić information content (AvgIpc) is 2.27. The Kier molecular flexibility index (Phi) is 6.96. The second-order valence-corrected chi connectivity index (χ2v) is 4.88. The van der Waals surface area contributed by atoms with Crippen molar-refractivity contribution in [3.05, 3.63) is 0 Å². The molecular weight excluding hydrogens is 206 g/mol. The molecule has 1 aliphatic rings. The summed E-state index contributed by atoms with van der Waals surface area (Å²) in [5.74, 6) is 0.524. The van der Waals surface area contributed by atoms with E-state index in [1.54, 1.807) is 0 Å². The van der Waals surface area contributed by atoms with Crippen molar-refractivity contribution >= 4 is 0 Å². The van der Waals surface area contributed by atoms with Crippen LogP contribution in [-0.4, -0.2) is 50.2 Å². The Hall–Kier alpha value is -0.160. The summed E-state index contributed by atoms with van der Waals surface area (Å²) in [6, 6.07) is 0.494. The van der Waals surface area contributed by atoms with Gasteiger partial charge in [-0.05, 0) is 18.8 Å². The van der Waals surface area contributed by atoms with Crippen molar-refractivity contribution in [2.24, 2.45) is 5.92 Å². The van der Waals surface area contributed by atoms with Crippen molar-refractivity contribution in [2.45, 2.75) is 38.8 Å². The Morgan fingerprint density at radius 2 is 2.00 bits per heavy atom. The van der Waals surface area contributed by atoms with E-state index in [-0.39, 0.29) is 0 Å². The van der Waals surface area contributed by atoms with Crippen LogP contribution in [0.2, 0.25) is 0 Å². The first-order valence-corrected chi connectivity index (χ1v) is 6.25. The van der Waals surface area contributed by atoms with Crippen LogP contribution in [0.1, 0.15) is 26.7 Å². The SMILES string of the molecule is CC(C)COCC(O)CNC1CCOCC1. The third-order valence-corrected chi connectivity index (χ3v) is 2.62. The maximum atomic E-state index is 9.67. The van der Waals surface area contributed by atoms with Gasteiger partial charge in [0.1, 0.15) is 0 Å². The molecule has 0 saturated carbocycles. The van der Waals surface area contributed by atoms with Crippen LogP contribution in [0.3, 0.4) is 0 Å². The molecule has 0 radical (unpaired) electrons. The Bertz CT molecular complexity index is 170. The molecule has 0 aromatic carbocycles. The maximum absolute atomic E-state index is 9.67. The third kappa shape index (κ3) is 6.43. The molecule has 0 aliphatic carbocycles. The van der Waals surface area contributed by atoms with E-state index in [1.807, 2.05) is 0 Å². The van der Waals surface area contributed by atoms with Crippen molar-refractivity contribution in [2.75, 3.05) is 33.0 Å². The minimum Gasteiger partial charge on any atom is -0.389 e. The Labute approximate surface area is 98.3 Å². The fraction of sp³-hybridized carbons (Fsp3) is 1.00. The maximum Gasteiger partial charge on any atom is 0.0897 e. The molecule has 4 nitrogen and oxygen atoms in total. The molecule has 0 aromatic heterocycles. The summed E-state index contributed by atoms with van der Waals surface area (Å²) in [7, 11) is 0. The van der Waals surface area contributed by atoms with E-state index in [2.05, 4.69) is 19.2 Å². The lowest BCUT2D eigenvalue weighted by atomic mass is 10.1. The van der Waals surface area contributed by atoms with Crippen LogP contribution in [0.5, 0.6) is 0 Å². The number of aliphatic hydroxyl groups excluding tert-OH is 1. The summed E-state index contributed by atoms with van der Waals surface area (Å²) >= 11 is 0. The summed E-state index contributed by atoms with van der Waals surface area (Å²) in [6.07, 6.45) is 1.68. The fourth-order valence-electron chi connectivity index (χ4n) is 1.70. The van der Waals surface area contributed by atoms with E-state index in [1.165, 1.54) is 0 Å². The molecule has 0 aromatic rings. The first kappa shape index (κ1) is 13.9. The molecule has 0 bridgehead atoms. The monoisotopic (exact) mass is 231 g/mol. The summed E-state index contributed by atoms with van der Waals surface area (Å²) in [4.78, 5) is 0. The van der Waals surface area contributed by atoms with E-state index in [0.29, 0.717) is 31.7 Å². The zero-order chi connectivity index (χ0) is 11.8. The van der Waals surface area contributed by atoms with Crippen molar-refractivity contribution in [3.8, 4) is 0 Å². The molecule has 1 unspecified atom stereocenters. The molecular formula is C12H25NO3. The van der Waals surface area contributed by atoms with Gasteiger partial charge in [0.05, 0.1) is 12.7 Å². The first-order chi connectivity index (χ1) is 7.68. The van der Waals surface area contributed by atoms with Crippen molar-refractivity contribution in [1.29, 1.82) is 0 Å². The molecule has 1 saturated heterocycles. The van der Waals surface area contributed by atoms with Crippen LogP contribution >= 0.6 is 0 Å². The smallest absolute Gasteiger partial charge is 0.0897 e. The van der Waals surface area contributed by atoms with Gasteiger partial charge in [-0.1, -0.05) is 13.8 Å². The van der Waals surface area contributed by atoms with Crippen LogP contribution in [0.25, 0.3) is 0 Å². The van der Waals surface area contributed by atoms with Crippen LogP contribution < -0.4 is 5.32 Å². The number of ether oxygens (including phenoxy) is 2. The van der Waals surface area contributed by atoms with Gasteiger partial charge in [0, 0.05) is 32.4 Å². The van der Waals surface area contributed by atoms with E-state index < -0.39 is 6.10 Å². The molecule has 1 fully saturated rings. The van der Waals surface area contributed by atoms with Gasteiger partial charge in [-0.2, -0.15) is 0 Å². The van der Waals surface area contributed by atoms with Gasteiger partial charge in [0.2, 0.25) is 0 Å². The Balaban J connectivity index is 1.98. The largest absolute Gasteiger partial charge is 0.389 e. The van der Waals surface area contributed by atoms with E-state index in [9.17, 15) is 5.11 Å². The minimum absolute atomic E-state index is 0.401. The van der Waals surface area contributed by atoms with Gasteiger partial charge in [0.15, 0.2) is 0 Å². The third-order valence-electron chi connectivity index (χ3n) is 2.62. The second kappa shape index (κ2) is 8.01. The predicted octanol–water partition coefficient (Wildman–Crippen LogP) is 0.788. The molecule has 1 aliphatic heterocycles. The number of aliphatic hydroxyl groups is 1. The highest BCUT2D eigenvalue weighted by molar-refractivity contribution is 4.72. The number of rotatable bonds is 7. The van der Waals surface area contributed by atoms with Crippen LogP contribution in [0, 0.1) is 5.92 Å². The lowest BCUT2D eigenvalue weighted by molar-refractivity contribution is 0.0207. The fourth-order valence-corrected chi connectivity index (χ4v) is 1.70. The Morgan fingerprint density at radius 3 is 2.62 bits per heavy atom. The van der Waals surface area contributed by atoms with Gasteiger partial charge in [0.25, 0.3) is 0 Å². The molecule has 16 heavy (non-hydrogen) atoms. The van der Waals surface area contributed by atoms with Gasteiger partial charge >= 0.3 is 0 Å². The highest BCUT2D eigenvalue weighted by atomic mass is 16.5. The summed E-state index contributed by atoms with van der Waals surface area (Å²) in [6.45, 7) is 7.63. The molecule has 0 spiro atoms. The molecule has 96 valence electrons. The van der Waals surface area contributed by atoms with Gasteiger partial charge in [-0.25, -0.2) is 0 Å². The summed E-state index contributed by atoms with van der Waals surface area (Å²) in [5.41, 5.74) is 0.